The SMILES string of the molecule is Cc1ccc2nc(CCl)n(-c3ccc(C#N)cc3Br)c2n1. The summed E-state index contributed by atoms with van der Waals surface area (Å²) in [6.45, 7) is 1.94. The minimum absolute atomic E-state index is 0.280. The predicted octanol–water partition coefficient (Wildman–Crippen LogP) is 4.10. The number of benzene rings is 1. The van der Waals surface area contributed by atoms with E-state index >= 15 is 0 Å². The third-order valence-corrected chi connectivity index (χ3v) is 4.02. The highest BCUT2D eigenvalue weighted by molar-refractivity contribution is 9.10. The van der Waals surface area contributed by atoms with Gasteiger partial charge in [-0.1, -0.05) is 0 Å². The third kappa shape index (κ3) is 2.41. The van der Waals surface area contributed by atoms with Crippen molar-refractivity contribution >= 4 is 38.7 Å². The first kappa shape index (κ1) is 14.1. The van der Waals surface area contributed by atoms with Gasteiger partial charge in [-0.2, -0.15) is 5.26 Å². The molecule has 21 heavy (non-hydrogen) atoms. The minimum Gasteiger partial charge on any atom is -0.279 e. The Kier molecular flexibility index (Phi) is 3.66. The van der Waals surface area contributed by atoms with E-state index in [1.165, 1.54) is 0 Å². The lowest BCUT2D eigenvalue weighted by atomic mass is 10.2. The number of halogens is 2. The largest absolute Gasteiger partial charge is 0.279 e. The number of alkyl halides is 1. The van der Waals surface area contributed by atoms with E-state index < -0.39 is 0 Å². The van der Waals surface area contributed by atoms with Crippen LogP contribution in [0.1, 0.15) is 17.1 Å². The van der Waals surface area contributed by atoms with Crippen LogP contribution in [0.4, 0.5) is 0 Å². The van der Waals surface area contributed by atoms with E-state index in [1.807, 2.05) is 29.7 Å². The molecule has 2 aromatic heterocycles. The first-order valence-electron chi connectivity index (χ1n) is 6.25. The van der Waals surface area contributed by atoms with Crippen molar-refractivity contribution < 1.29 is 0 Å². The average molecular weight is 362 g/mol. The quantitative estimate of drug-likeness (QED) is 0.646. The summed E-state index contributed by atoms with van der Waals surface area (Å²) in [5.74, 6) is 0.997. The summed E-state index contributed by atoms with van der Waals surface area (Å²) in [5.41, 5.74) is 3.93. The van der Waals surface area contributed by atoms with E-state index in [2.05, 4.69) is 32.0 Å². The predicted molar refractivity (Wildman–Crippen MR) is 85.6 cm³/mol. The summed E-state index contributed by atoms with van der Waals surface area (Å²) in [6, 6.07) is 11.4. The van der Waals surface area contributed by atoms with Gasteiger partial charge in [0, 0.05) is 10.2 Å². The summed E-state index contributed by atoms with van der Waals surface area (Å²) >= 11 is 9.53. The van der Waals surface area contributed by atoms with Gasteiger partial charge in [0.05, 0.1) is 23.2 Å². The lowest BCUT2D eigenvalue weighted by Crippen LogP contribution is -2.02. The Hall–Kier alpha value is -1.90. The van der Waals surface area contributed by atoms with Crippen molar-refractivity contribution in [2.75, 3.05) is 0 Å². The molecular weight excluding hydrogens is 352 g/mol. The van der Waals surface area contributed by atoms with Crippen molar-refractivity contribution in [3.8, 4) is 11.8 Å². The Balaban J connectivity index is 2.33. The molecule has 4 nitrogen and oxygen atoms in total. The summed E-state index contributed by atoms with van der Waals surface area (Å²) in [4.78, 5) is 9.08. The Bertz CT molecular complexity index is 879. The van der Waals surface area contributed by atoms with Gasteiger partial charge >= 0.3 is 0 Å². The number of hydrogen-bond acceptors (Lipinski definition) is 3. The van der Waals surface area contributed by atoms with Crippen LogP contribution in [0.15, 0.2) is 34.8 Å². The molecule has 0 spiro atoms. The average Bonchev–Trinajstić information content (AvgIpc) is 2.84. The van der Waals surface area contributed by atoms with E-state index in [1.54, 1.807) is 12.1 Å². The molecule has 0 N–H and O–H groups in total. The molecule has 0 saturated heterocycles. The molecule has 0 saturated carbocycles. The van der Waals surface area contributed by atoms with Crippen molar-refractivity contribution in [3.05, 3.63) is 51.9 Å². The number of imidazole rings is 1. The number of pyridine rings is 1. The number of rotatable bonds is 2. The Morgan fingerprint density at radius 2 is 2.10 bits per heavy atom. The Labute approximate surface area is 135 Å². The van der Waals surface area contributed by atoms with Crippen molar-refractivity contribution in [2.45, 2.75) is 12.8 Å². The van der Waals surface area contributed by atoms with Crippen molar-refractivity contribution in [2.24, 2.45) is 0 Å². The zero-order valence-electron chi connectivity index (χ0n) is 11.1. The van der Waals surface area contributed by atoms with Gasteiger partial charge in [0.15, 0.2) is 5.65 Å². The standard InChI is InChI=1S/C15H10BrClN4/c1-9-2-4-12-15(19-9)21(14(7-17)20-12)13-5-3-10(8-18)6-11(13)16/h2-6H,7H2,1H3. The van der Waals surface area contributed by atoms with Crippen LogP contribution in [0.2, 0.25) is 0 Å². The van der Waals surface area contributed by atoms with Crippen LogP contribution in [-0.2, 0) is 5.88 Å². The van der Waals surface area contributed by atoms with Crippen LogP contribution in [0.5, 0.6) is 0 Å². The van der Waals surface area contributed by atoms with E-state index in [4.69, 9.17) is 16.9 Å². The van der Waals surface area contributed by atoms with E-state index in [0.717, 1.165) is 32.8 Å². The van der Waals surface area contributed by atoms with E-state index in [9.17, 15) is 0 Å². The monoisotopic (exact) mass is 360 g/mol. The Morgan fingerprint density at radius 3 is 2.76 bits per heavy atom. The van der Waals surface area contributed by atoms with Gasteiger partial charge in [-0.3, -0.25) is 4.57 Å². The molecule has 0 atom stereocenters. The van der Waals surface area contributed by atoms with Crippen molar-refractivity contribution in [1.82, 2.24) is 14.5 Å². The number of aryl methyl sites for hydroxylation is 1. The molecule has 0 radical (unpaired) electrons. The van der Waals surface area contributed by atoms with Gasteiger partial charge in [-0.25, -0.2) is 9.97 Å². The molecule has 0 aliphatic carbocycles. The summed E-state index contributed by atoms with van der Waals surface area (Å²) in [6.07, 6.45) is 0. The maximum Gasteiger partial charge on any atom is 0.164 e. The molecule has 3 rings (SSSR count). The second-order valence-corrected chi connectivity index (χ2v) is 5.69. The highest BCUT2D eigenvalue weighted by Crippen LogP contribution is 2.28. The zero-order chi connectivity index (χ0) is 15.0. The molecule has 6 heteroatoms. The second kappa shape index (κ2) is 5.47. The molecule has 3 aromatic rings. The van der Waals surface area contributed by atoms with Gasteiger partial charge in [-0.15, -0.1) is 11.6 Å². The van der Waals surface area contributed by atoms with Crippen molar-refractivity contribution in [1.29, 1.82) is 5.26 Å². The lowest BCUT2D eigenvalue weighted by molar-refractivity contribution is 0.961. The van der Waals surface area contributed by atoms with Crippen LogP contribution >= 0.6 is 27.5 Å². The molecule has 1 aromatic carbocycles. The number of aromatic nitrogens is 3. The highest BCUT2D eigenvalue weighted by Gasteiger charge is 2.15. The topological polar surface area (TPSA) is 54.5 Å². The van der Waals surface area contributed by atoms with Gasteiger partial charge < -0.3 is 0 Å². The molecule has 0 unspecified atom stereocenters. The Morgan fingerprint density at radius 1 is 1.29 bits per heavy atom. The first-order valence-corrected chi connectivity index (χ1v) is 7.57. The molecule has 0 aliphatic heterocycles. The fourth-order valence-electron chi connectivity index (χ4n) is 2.20. The van der Waals surface area contributed by atoms with Crippen molar-refractivity contribution in [3.63, 3.8) is 0 Å². The van der Waals surface area contributed by atoms with Crippen LogP contribution in [0.25, 0.3) is 16.9 Å². The maximum atomic E-state index is 8.97. The number of hydrogen-bond donors (Lipinski definition) is 0. The van der Waals surface area contributed by atoms with Gasteiger partial charge in [0.25, 0.3) is 0 Å². The molecule has 0 amide bonds. The summed E-state index contributed by atoms with van der Waals surface area (Å²) in [7, 11) is 0. The molecule has 0 bridgehead atoms. The fourth-order valence-corrected chi connectivity index (χ4v) is 2.93. The summed E-state index contributed by atoms with van der Waals surface area (Å²) in [5, 5.41) is 8.97. The number of fused-ring (bicyclic) bond motifs is 1. The summed E-state index contributed by atoms with van der Waals surface area (Å²) < 4.78 is 2.72. The third-order valence-electron chi connectivity index (χ3n) is 3.15. The van der Waals surface area contributed by atoms with Gasteiger partial charge in [0.2, 0.25) is 0 Å². The second-order valence-electron chi connectivity index (χ2n) is 4.57. The van der Waals surface area contributed by atoms with Crippen LogP contribution in [0.3, 0.4) is 0 Å². The first-order chi connectivity index (χ1) is 10.1. The smallest absolute Gasteiger partial charge is 0.164 e. The van der Waals surface area contributed by atoms with Crippen LogP contribution in [-0.4, -0.2) is 14.5 Å². The molecule has 104 valence electrons. The van der Waals surface area contributed by atoms with Crippen LogP contribution in [0, 0.1) is 18.3 Å². The fraction of sp³-hybridized carbons (Fsp3) is 0.133. The molecule has 0 fully saturated rings. The molecule has 0 aliphatic rings. The number of nitriles is 1. The van der Waals surface area contributed by atoms with Gasteiger partial charge in [-0.05, 0) is 53.2 Å². The van der Waals surface area contributed by atoms with Crippen LogP contribution < -0.4 is 0 Å². The minimum atomic E-state index is 0.280. The highest BCUT2D eigenvalue weighted by atomic mass is 79.9. The van der Waals surface area contributed by atoms with E-state index in [0.29, 0.717) is 5.56 Å². The number of nitrogens with zero attached hydrogens (tertiary/aromatic N) is 4. The van der Waals surface area contributed by atoms with E-state index in [-0.39, 0.29) is 5.88 Å². The maximum absolute atomic E-state index is 8.97. The normalized spacial score (nSPS) is 10.8. The molecular formula is C15H10BrClN4. The lowest BCUT2D eigenvalue weighted by Gasteiger charge is -2.10. The molecule has 2 heterocycles. The zero-order valence-corrected chi connectivity index (χ0v) is 13.5. The van der Waals surface area contributed by atoms with Gasteiger partial charge in [0.1, 0.15) is 11.3 Å².